The van der Waals surface area contributed by atoms with E-state index in [9.17, 15) is 9.59 Å². The first-order valence-corrected chi connectivity index (χ1v) is 8.00. The van der Waals surface area contributed by atoms with Gasteiger partial charge < -0.3 is 20.1 Å². The number of primary amides is 1. The van der Waals surface area contributed by atoms with E-state index in [4.69, 9.17) is 15.2 Å². The summed E-state index contributed by atoms with van der Waals surface area (Å²) in [7, 11) is 3.17. The normalized spacial score (nSPS) is 15.5. The SMILES string of the molecule is COc1cc(/C=C/C(=O)N2CCC(CC(N)=O)CC2)cc(OC)c1. The molecule has 0 saturated carbocycles. The van der Waals surface area contributed by atoms with Gasteiger partial charge >= 0.3 is 0 Å². The van der Waals surface area contributed by atoms with Gasteiger partial charge in [0.05, 0.1) is 14.2 Å². The van der Waals surface area contributed by atoms with Gasteiger partial charge in [-0.3, -0.25) is 9.59 Å². The first kappa shape index (κ1) is 17.8. The first-order chi connectivity index (χ1) is 11.5. The molecule has 1 saturated heterocycles. The third-order valence-corrected chi connectivity index (χ3v) is 4.21. The number of likely N-dealkylation sites (tertiary alicyclic amines) is 1. The topological polar surface area (TPSA) is 81.9 Å². The van der Waals surface area contributed by atoms with Crippen molar-refractivity contribution in [1.82, 2.24) is 4.90 Å². The highest BCUT2D eigenvalue weighted by atomic mass is 16.5. The smallest absolute Gasteiger partial charge is 0.246 e. The standard InChI is InChI=1S/C18H24N2O4/c1-23-15-9-14(10-16(12-15)24-2)3-4-18(22)20-7-5-13(6-8-20)11-17(19)21/h3-4,9-10,12-13H,5-8,11H2,1-2H3,(H2,19,21)/b4-3+. The number of carbonyl (C=O) groups excluding carboxylic acids is 2. The average Bonchev–Trinajstić information content (AvgIpc) is 2.59. The zero-order chi connectivity index (χ0) is 17.5. The lowest BCUT2D eigenvalue weighted by Crippen LogP contribution is -2.38. The first-order valence-electron chi connectivity index (χ1n) is 8.00. The lowest BCUT2D eigenvalue weighted by molar-refractivity contribution is -0.127. The molecule has 0 radical (unpaired) electrons. The molecule has 2 rings (SSSR count). The van der Waals surface area contributed by atoms with Crippen LogP contribution >= 0.6 is 0 Å². The summed E-state index contributed by atoms with van der Waals surface area (Å²) in [6.07, 6.45) is 5.35. The number of nitrogens with two attached hydrogens (primary N) is 1. The van der Waals surface area contributed by atoms with E-state index >= 15 is 0 Å². The van der Waals surface area contributed by atoms with Crippen LogP contribution in [0.3, 0.4) is 0 Å². The fourth-order valence-corrected chi connectivity index (χ4v) is 2.84. The number of benzene rings is 1. The highest BCUT2D eigenvalue weighted by Gasteiger charge is 2.22. The van der Waals surface area contributed by atoms with E-state index in [1.807, 2.05) is 12.1 Å². The van der Waals surface area contributed by atoms with Crippen LogP contribution in [0.1, 0.15) is 24.8 Å². The van der Waals surface area contributed by atoms with Crippen LogP contribution < -0.4 is 15.2 Å². The second-order valence-electron chi connectivity index (χ2n) is 5.92. The van der Waals surface area contributed by atoms with Crippen LogP contribution in [-0.4, -0.2) is 44.0 Å². The number of methoxy groups -OCH3 is 2. The lowest BCUT2D eigenvalue weighted by atomic mass is 9.93. The Morgan fingerprint density at radius 2 is 1.75 bits per heavy atom. The Morgan fingerprint density at radius 1 is 1.17 bits per heavy atom. The maximum Gasteiger partial charge on any atom is 0.246 e. The summed E-state index contributed by atoms with van der Waals surface area (Å²) in [4.78, 5) is 25.0. The lowest BCUT2D eigenvalue weighted by Gasteiger charge is -2.30. The Hall–Kier alpha value is -2.50. The molecule has 0 bridgehead atoms. The van der Waals surface area contributed by atoms with Crippen LogP contribution in [0.15, 0.2) is 24.3 Å². The van der Waals surface area contributed by atoms with Gasteiger partial charge in [-0.15, -0.1) is 0 Å². The van der Waals surface area contributed by atoms with Crippen molar-refractivity contribution in [2.75, 3.05) is 27.3 Å². The summed E-state index contributed by atoms with van der Waals surface area (Å²) in [5, 5.41) is 0. The number of carbonyl (C=O) groups is 2. The van der Waals surface area contributed by atoms with Gasteiger partial charge in [-0.25, -0.2) is 0 Å². The molecule has 1 heterocycles. The quantitative estimate of drug-likeness (QED) is 0.806. The molecule has 6 nitrogen and oxygen atoms in total. The van der Waals surface area contributed by atoms with E-state index in [0.717, 1.165) is 18.4 Å². The van der Waals surface area contributed by atoms with Crippen molar-refractivity contribution >= 4 is 17.9 Å². The molecular formula is C18H24N2O4. The van der Waals surface area contributed by atoms with E-state index < -0.39 is 0 Å². The van der Waals surface area contributed by atoms with Crippen molar-refractivity contribution < 1.29 is 19.1 Å². The minimum Gasteiger partial charge on any atom is -0.497 e. The van der Waals surface area contributed by atoms with Crippen LogP contribution in [0, 0.1) is 5.92 Å². The summed E-state index contributed by atoms with van der Waals surface area (Å²) in [6.45, 7) is 1.31. The number of nitrogens with zero attached hydrogens (tertiary/aromatic N) is 1. The van der Waals surface area contributed by atoms with Gasteiger partial charge in [0, 0.05) is 31.7 Å². The largest absolute Gasteiger partial charge is 0.497 e. The van der Waals surface area contributed by atoms with Gasteiger partial charge in [0.2, 0.25) is 11.8 Å². The minimum atomic E-state index is -0.272. The third kappa shape index (κ3) is 5.01. The van der Waals surface area contributed by atoms with Crippen molar-refractivity contribution in [3.63, 3.8) is 0 Å². The predicted octanol–water partition coefficient (Wildman–Crippen LogP) is 1.83. The number of hydrogen-bond donors (Lipinski definition) is 1. The summed E-state index contributed by atoms with van der Waals surface area (Å²) in [5.41, 5.74) is 6.06. The van der Waals surface area contributed by atoms with Gasteiger partial charge in [-0.05, 0) is 42.5 Å². The molecule has 0 aromatic heterocycles. The van der Waals surface area contributed by atoms with Crippen LogP contribution in [0.2, 0.25) is 0 Å². The van der Waals surface area contributed by atoms with Gasteiger partial charge in [-0.2, -0.15) is 0 Å². The molecular weight excluding hydrogens is 308 g/mol. The Morgan fingerprint density at radius 3 is 2.25 bits per heavy atom. The molecule has 0 aliphatic carbocycles. The fraction of sp³-hybridized carbons (Fsp3) is 0.444. The molecule has 2 amide bonds. The predicted molar refractivity (Wildman–Crippen MR) is 91.7 cm³/mol. The molecule has 1 fully saturated rings. The molecule has 2 N–H and O–H groups in total. The van der Waals surface area contributed by atoms with Crippen LogP contribution in [-0.2, 0) is 9.59 Å². The molecule has 6 heteroatoms. The Labute approximate surface area is 142 Å². The molecule has 1 aromatic carbocycles. The summed E-state index contributed by atoms with van der Waals surface area (Å²) in [5.74, 6) is 1.33. The van der Waals surface area contributed by atoms with E-state index in [1.54, 1.807) is 37.3 Å². The van der Waals surface area contributed by atoms with Gasteiger partial charge in [0.15, 0.2) is 0 Å². The van der Waals surface area contributed by atoms with Gasteiger partial charge in [-0.1, -0.05) is 0 Å². The maximum absolute atomic E-state index is 12.3. The molecule has 0 unspecified atom stereocenters. The molecule has 1 aliphatic rings. The summed E-state index contributed by atoms with van der Waals surface area (Å²) in [6, 6.07) is 5.46. The number of amides is 2. The van der Waals surface area contributed by atoms with Crippen molar-refractivity contribution in [3.05, 3.63) is 29.8 Å². The second kappa shape index (κ2) is 8.38. The Bertz CT molecular complexity index is 597. The number of piperidine rings is 1. The van der Waals surface area contributed by atoms with Crippen molar-refractivity contribution in [1.29, 1.82) is 0 Å². The van der Waals surface area contributed by atoms with E-state index in [2.05, 4.69) is 0 Å². The molecule has 130 valence electrons. The van der Waals surface area contributed by atoms with Crippen LogP contribution in [0.4, 0.5) is 0 Å². The zero-order valence-electron chi connectivity index (χ0n) is 14.2. The molecule has 0 atom stereocenters. The van der Waals surface area contributed by atoms with E-state index in [1.165, 1.54) is 0 Å². The van der Waals surface area contributed by atoms with Crippen molar-refractivity contribution in [3.8, 4) is 11.5 Å². The molecule has 0 spiro atoms. The highest BCUT2D eigenvalue weighted by molar-refractivity contribution is 5.92. The van der Waals surface area contributed by atoms with Gasteiger partial charge in [0.1, 0.15) is 11.5 Å². The Kier molecular flexibility index (Phi) is 6.23. The van der Waals surface area contributed by atoms with Gasteiger partial charge in [0.25, 0.3) is 0 Å². The highest BCUT2D eigenvalue weighted by Crippen LogP contribution is 2.24. The summed E-state index contributed by atoms with van der Waals surface area (Å²) >= 11 is 0. The number of hydrogen-bond acceptors (Lipinski definition) is 4. The second-order valence-corrected chi connectivity index (χ2v) is 5.92. The van der Waals surface area contributed by atoms with E-state index in [0.29, 0.717) is 31.0 Å². The number of ether oxygens (including phenoxy) is 2. The maximum atomic E-state index is 12.3. The third-order valence-electron chi connectivity index (χ3n) is 4.21. The zero-order valence-corrected chi connectivity index (χ0v) is 14.2. The monoisotopic (exact) mass is 332 g/mol. The average molecular weight is 332 g/mol. The van der Waals surface area contributed by atoms with Crippen LogP contribution in [0.5, 0.6) is 11.5 Å². The fourth-order valence-electron chi connectivity index (χ4n) is 2.84. The molecule has 1 aliphatic heterocycles. The van der Waals surface area contributed by atoms with Crippen LogP contribution in [0.25, 0.3) is 6.08 Å². The van der Waals surface area contributed by atoms with E-state index in [-0.39, 0.29) is 17.7 Å². The molecule has 1 aromatic rings. The molecule has 24 heavy (non-hydrogen) atoms. The van der Waals surface area contributed by atoms with Crippen molar-refractivity contribution in [2.45, 2.75) is 19.3 Å². The Balaban J connectivity index is 1.95. The van der Waals surface area contributed by atoms with Crippen molar-refractivity contribution in [2.24, 2.45) is 11.7 Å². The number of rotatable bonds is 6. The summed E-state index contributed by atoms with van der Waals surface area (Å²) < 4.78 is 10.4. The minimum absolute atomic E-state index is 0.0330.